The van der Waals surface area contributed by atoms with E-state index in [1.807, 2.05) is 12.1 Å². The van der Waals surface area contributed by atoms with Crippen molar-refractivity contribution in [3.05, 3.63) is 42.5 Å². The van der Waals surface area contributed by atoms with Crippen LogP contribution in [0.2, 0.25) is 0 Å². The Labute approximate surface area is 104 Å². The van der Waals surface area contributed by atoms with Crippen LogP contribution in [0.5, 0.6) is 5.75 Å². The van der Waals surface area contributed by atoms with Crippen molar-refractivity contribution in [2.24, 2.45) is 5.92 Å². The van der Waals surface area contributed by atoms with Crippen LogP contribution in [-0.4, -0.2) is 13.2 Å². The maximum Gasteiger partial charge on any atom is 0.124 e. The van der Waals surface area contributed by atoms with Crippen LogP contribution >= 0.6 is 0 Å². The first-order valence-electron chi connectivity index (χ1n) is 6.42. The second-order valence-electron chi connectivity index (χ2n) is 4.64. The molecule has 1 aromatic rings. The average molecular weight is 231 g/mol. The fraction of sp³-hybridized carbons (Fsp3) is 0.467. The van der Waals surface area contributed by atoms with Crippen LogP contribution in [-0.2, 0) is 6.54 Å². The van der Waals surface area contributed by atoms with Crippen LogP contribution in [0, 0.1) is 5.92 Å². The van der Waals surface area contributed by atoms with E-state index in [0.29, 0.717) is 6.61 Å². The summed E-state index contributed by atoms with van der Waals surface area (Å²) in [5.74, 6) is 1.87. The SMILES string of the molecule is C=CCOc1ccccc1CNCC1CCC1. The molecule has 0 saturated heterocycles. The van der Waals surface area contributed by atoms with E-state index in [0.717, 1.165) is 24.8 Å². The lowest BCUT2D eigenvalue weighted by molar-refractivity contribution is 0.299. The summed E-state index contributed by atoms with van der Waals surface area (Å²) in [4.78, 5) is 0. The number of hydrogen-bond donors (Lipinski definition) is 1. The second-order valence-corrected chi connectivity index (χ2v) is 4.64. The molecule has 2 nitrogen and oxygen atoms in total. The monoisotopic (exact) mass is 231 g/mol. The fourth-order valence-corrected chi connectivity index (χ4v) is 2.05. The molecule has 17 heavy (non-hydrogen) atoms. The van der Waals surface area contributed by atoms with Crippen molar-refractivity contribution in [2.75, 3.05) is 13.2 Å². The quantitative estimate of drug-likeness (QED) is 0.728. The van der Waals surface area contributed by atoms with Gasteiger partial charge >= 0.3 is 0 Å². The molecule has 1 aliphatic rings. The van der Waals surface area contributed by atoms with Crippen molar-refractivity contribution in [1.82, 2.24) is 5.32 Å². The van der Waals surface area contributed by atoms with E-state index in [1.54, 1.807) is 6.08 Å². The van der Waals surface area contributed by atoms with Crippen LogP contribution in [0.1, 0.15) is 24.8 Å². The van der Waals surface area contributed by atoms with E-state index in [-0.39, 0.29) is 0 Å². The fourth-order valence-electron chi connectivity index (χ4n) is 2.05. The molecule has 1 fully saturated rings. The zero-order valence-corrected chi connectivity index (χ0v) is 10.3. The summed E-state index contributed by atoms with van der Waals surface area (Å²) >= 11 is 0. The highest BCUT2D eigenvalue weighted by atomic mass is 16.5. The molecule has 0 radical (unpaired) electrons. The zero-order valence-electron chi connectivity index (χ0n) is 10.3. The molecule has 0 aromatic heterocycles. The topological polar surface area (TPSA) is 21.3 Å². The predicted molar refractivity (Wildman–Crippen MR) is 71.2 cm³/mol. The first kappa shape index (κ1) is 12.2. The van der Waals surface area contributed by atoms with Gasteiger partial charge in [0.2, 0.25) is 0 Å². The van der Waals surface area contributed by atoms with Crippen LogP contribution in [0.4, 0.5) is 0 Å². The molecule has 1 N–H and O–H groups in total. The summed E-state index contributed by atoms with van der Waals surface area (Å²) in [7, 11) is 0. The molecule has 0 amide bonds. The zero-order chi connectivity index (χ0) is 11.9. The van der Waals surface area contributed by atoms with Gasteiger partial charge in [0.05, 0.1) is 0 Å². The largest absolute Gasteiger partial charge is 0.489 e. The van der Waals surface area contributed by atoms with E-state index in [1.165, 1.54) is 24.8 Å². The van der Waals surface area contributed by atoms with Gasteiger partial charge in [-0.05, 0) is 31.4 Å². The molecule has 0 heterocycles. The lowest BCUT2D eigenvalue weighted by atomic mass is 9.85. The Morgan fingerprint density at radius 2 is 2.18 bits per heavy atom. The van der Waals surface area contributed by atoms with E-state index in [4.69, 9.17) is 4.74 Å². The van der Waals surface area contributed by atoms with Crippen molar-refractivity contribution in [2.45, 2.75) is 25.8 Å². The van der Waals surface area contributed by atoms with E-state index >= 15 is 0 Å². The molecule has 0 aliphatic heterocycles. The van der Waals surface area contributed by atoms with Gasteiger partial charge in [-0.3, -0.25) is 0 Å². The summed E-state index contributed by atoms with van der Waals surface area (Å²) < 4.78 is 5.63. The number of benzene rings is 1. The molecule has 1 aliphatic carbocycles. The minimum Gasteiger partial charge on any atom is -0.489 e. The summed E-state index contributed by atoms with van der Waals surface area (Å²) in [5, 5.41) is 3.51. The first-order chi connectivity index (χ1) is 8.40. The lowest BCUT2D eigenvalue weighted by Gasteiger charge is -2.25. The maximum absolute atomic E-state index is 5.63. The molecule has 0 atom stereocenters. The van der Waals surface area contributed by atoms with Gasteiger partial charge < -0.3 is 10.1 Å². The van der Waals surface area contributed by atoms with Gasteiger partial charge in [-0.2, -0.15) is 0 Å². The van der Waals surface area contributed by atoms with E-state index in [9.17, 15) is 0 Å². The van der Waals surface area contributed by atoms with Gasteiger partial charge in [0, 0.05) is 12.1 Å². The number of nitrogens with one attached hydrogen (secondary N) is 1. The van der Waals surface area contributed by atoms with Crippen molar-refractivity contribution in [3.8, 4) is 5.75 Å². The Morgan fingerprint density at radius 1 is 1.35 bits per heavy atom. The molecule has 2 heteroatoms. The van der Waals surface area contributed by atoms with Gasteiger partial charge in [0.25, 0.3) is 0 Å². The third-order valence-corrected chi connectivity index (χ3v) is 3.30. The molecular formula is C15H21NO. The Bertz CT molecular complexity index is 358. The molecule has 92 valence electrons. The van der Waals surface area contributed by atoms with Crippen LogP contribution < -0.4 is 10.1 Å². The van der Waals surface area contributed by atoms with Gasteiger partial charge in [-0.1, -0.05) is 37.3 Å². The molecule has 2 rings (SSSR count). The smallest absolute Gasteiger partial charge is 0.124 e. The Hall–Kier alpha value is -1.28. The average Bonchev–Trinajstić information content (AvgIpc) is 2.31. The molecule has 0 bridgehead atoms. The number of hydrogen-bond acceptors (Lipinski definition) is 2. The molecule has 0 spiro atoms. The minimum absolute atomic E-state index is 0.569. The van der Waals surface area contributed by atoms with Crippen LogP contribution in [0.25, 0.3) is 0 Å². The minimum atomic E-state index is 0.569. The van der Waals surface area contributed by atoms with Crippen molar-refractivity contribution >= 4 is 0 Å². The predicted octanol–water partition coefficient (Wildman–Crippen LogP) is 3.14. The summed E-state index contributed by atoms with van der Waals surface area (Å²) in [6.45, 7) is 6.27. The van der Waals surface area contributed by atoms with Crippen molar-refractivity contribution in [3.63, 3.8) is 0 Å². The van der Waals surface area contributed by atoms with Crippen molar-refractivity contribution < 1.29 is 4.74 Å². The first-order valence-corrected chi connectivity index (χ1v) is 6.42. The number of rotatable bonds is 7. The van der Waals surface area contributed by atoms with Crippen LogP contribution in [0.3, 0.4) is 0 Å². The maximum atomic E-state index is 5.63. The Morgan fingerprint density at radius 3 is 2.88 bits per heavy atom. The standard InChI is InChI=1S/C15H21NO/c1-2-10-17-15-9-4-3-8-14(15)12-16-11-13-6-5-7-13/h2-4,8-9,13,16H,1,5-7,10-12H2. The Balaban J connectivity index is 1.82. The highest BCUT2D eigenvalue weighted by Gasteiger charge is 2.16. The van der Waals surface area contributed by atoms with Crippen LogP contribution in [0.15, 0.2) is 36.9 Å². The summed E-state index contributed by atoms with van der Waals surface area (Å²) in [6, 6.07) is 8.20. The van der Waals surface area contributed by atoms with Gasteiger partial charge in [-0.15, -0.1) is 0 Å². The molecule has 0 unspecified atom stereocenters. The normalized spacial score (nSPS) is 15.3. The van der Waals surface area contributed by atoms with E-state index < -0.39 is 0 Å². The summed E-state index contributed by atoms with van der Waals surface area (Å²) in [6.07, 6.45) is 5.97. The lowest BCUT2D eigenvalue weighted by Crippen LogP contribution is -2.27. The van der Waals surface area contributed by atoms with E-state index in [2.05, 4.69) is 24.0 Å². The van der Waals surface area contributed by atoms with Gasteiger partial charge in [0.15, 0.2) is 0 Å². The number of para-hydroxylation sites is 1. The Kier molecular flexibility index (Phi) is 4.63. The van der Waals surface area contributed by atoms with Gasteiger partial charge in [-0.25, -0.2) is 0 Å². The van der Waals surface area contributed by atoms with Crippen molar-refractivity contribution in [1.29, 1.82) is 0 Å². The molecule has 1 aromatic carbocycles. The highest BCUT2D eigenvalue weighted by molar-refractivity contribution is 5.33. The van der Waals surface area contributed by atoms with Gasteiger partial charge in [0.1, 0.15) is 12.4 Å². The molecule has 1 saturated carbocycles. The summed E-state index contributed by atoms with van der Waals surface area (Å²) in [5.41, 5.74) is 1.23. The third-order valence-electron chi connectivity index (χ3n) is 3.30. The highest BCUT2D eigenvalue weighted by Crippen LogP contribution is 2.25. The number of ether oxygens (including phenoxy) is 1. The molecular weight excluding hydrogens is 210 g/mol. The third kappa shape index (κ3) is 3.60. The second kappa shape index (κ2) is 6.45.